The summed E-state index contributed by atoms with van der Waals surface area (Å²) in [5, 5.41) is 2.68. The third-order valence-corrected chi connectivity index (χ3v) is 3.14. The molecule has 2 aromatic rings. The lowest BCUT2D eigenvalue weighted by atomic mass is 10.1. The van der Waals surface area contributed by atoms with Crippen LogP contribution in [0.1, 0.15) is 15.9 Å². The van der Waals surface area contributed by atoms with Gasteiger partial charge in [-0.3, -0.25) is 9.59 Å². The minimum absolute atomic E-state index is 0.283. The minimum Gasteiger partial charge on any atom is -0.376 e. The van der Waals surface area contributed by atoms with Crippen molar-refractivity contribution in [3.8, 4) is 0 Å². The summed E-state index contributed by atoms with van der Waals surface area (Å²) in [4.78, 5) is 28.9. The first-order valence-corrected chi connectivity index (χ1v) is 6.98. The Morgan fingerprint density at radius 1 is 1.13 bits per heavy atom. The zero-order valence-corrected chi connectivity index (χ0v) is 13.0. The highest BCUT2D eigenvalue weighted by Gasteiger charge is 2.01. The highest BCUT2D eigenvalue weighted by molar-refractivity contribution is 6.01. The fourth-order valence-electron chi connectivity index (χ4n) is 1.82. The summed E-state index contributed by atoms with van der Waals surface area (Å²) in [7, 11) is 3.84. The lowest BCUT2D eigenvalue weighted by molar-refractivity contribution is -0.111. The van der Waals surface area contributed by atoms with E-state index in [-0.39, 0.29) is 5.91 Å². The quantitative estimate of drug-likeness (QED) is 0.826. The van der Waals surface area contributed by atoms with Gasteiger partial charge in [-0.15, -0.1) is 0 Å². The van der Waals surface area contributed by atoms with Crippen LogP contribution in [0.25, 0.3) is 6.08 Å². The maximum atomic E-state index is 11.9. The van der Waals surface area contributed by atoms with E-state index in [1.54, 1.807) is 42.6 Å². The number of hydrogen-bond acceptors (Lipinski definition) is 4. The van der Waals surface area contributed by atoms with E-state index in [2.05, 4.69) is 10.3 Å². The summed E-state index contributed by atoms with van der Waals surface area (Å²) in [6.07, 6.45) is 4.73. The molecule has 0 radical (unpaired) electrons. The Morgan fingerprint density at radius 2 is 1.83 bits per heavy atom. The minimum atomic E-state index is -0.481. The van der Waals surface area contributed by atoms with Crippen LogP contribution in [0, 0.1) is 0 Å². The molecular formula is C17H18N4O2. The summed E-state index contributed by atoms with van der Waals surface area (Å²) in [6.45, 7) is 0. The van der Waals surface area contributed by atoms with E-state index < -0.39 is 5.91 Å². The van der Waals surface area contributed by atoms with Crippen LogP contribution in [0.4, 0.5) is 11.5 Å². The van der Waals surface area contributed by atoms with Gasteiger partial charge in [-0.25, -0.2) is 4.98 Å². The average molecular weight is 310 g/mol. The number of nitrogens with zero attached hydrogens (tertiary/aromatic N) is 2. The van der Waals surface area contributed by atoms with E-state index in [1.165, 1.54) is 6.08 Å². The number of carbonyl (C=O) groups is 2. The van der Waals surface area contributed by atoms with Crippen LogP contribution in [0.5, 0.6) is 0 Å². The SMILES string of the molecule is CN(C)c1ccc(NC(=O)/C=C/c2ccc(C(N)=O)cc2)nc1. The van der Waals surface area contributed by atoms with Crippen LogP contribution >= 0.6 is 0 Å². The second kappa shape index (κ2) is 7.22. The first-order valence-electron chi connectivity index (χ1n) is 6.98. The molecule has 1 aromatic carbocycles. The molecule has 0 aliphatic rings. The third-order valence-electron chi connectivity index (χ3n) is 3.14. The van der Waals surface area contributed by atoms with Crippen molar-refractivity contribution in [3.63, 3.8) is 0 Å². The number of pyridine rings is 1. The number of carbonyl (C=O) groups excluding carboxylic acids is 2. The number of aromatic nitrogens is 1. The number of anilines is 2. The largest absolute Gasteiger partial charge is 0.376 e. The summed E-state index contributed by atoms with van der Waals surface area (Å²) in [5.74, 6) is -0.283. The molecule has 0 atom stereocenters. The smallest absolute Gasteiger partial charge is 0.249 e. The second-order valence-corrected chi connectivity index (χ2v) is 5.10. The predicted octanol–water partition coefficient (Wildman–Crippen LogP) is 1.90. The molecule has 6 heteroatoms. The standard InChI is InChI=1S/C17H18N4O2/c1-21(2)14-8-9-15(19-11-14)20-16(22)10-5-12-3-6-13(7-4-12)17(18)23/h3-11H,1-2H3,(H2,18,23)(H,19,20,22)/b10-5+. The Bertz CT molecular complexity index is 719. The summed E-state index contributed by atoms with van der Waals surface area (Å²) < 4.78 is 0. The van der Waals surface area contributed by atoms with Gasteiger partial charge in [0.2, 0.25) is 11.8 Å². The third kappa shape index (κ3) is 4.67. The molecule has 0 unspecified atom stereocenters. The predicted molar refractivity (Wildman–Crippen MR) is 91.2 cm³/mol. The molecule has 23 heavy (non-hydrogen) atoms. The molecule has 0 bridgehead atoms. The molecule has 3 N–H and O–H groups in total. The van der Waals surface area contributed by atoms with Crippen molar-refractivity contribution < 1.29 is 9.59 Å². The fourth-order valence-corrected chi connectivity index (χ4v) is 1.82. The average Bonchev–Trinajstić information content (AvgIpc) is 2.54. The molecule has 1 aromatic heterocycles. The Balaban J connectivity index is 1.97. The number of hydrogen-bond donors (Lipinski definition) is 2. The van der Waals surface area contributed by atoms with Gasteiger partial charge in [0.15, 0.2) is 0 Å². The summed E-state index contributed by atoms with van der Waals surface area (Å²) in [5.41, 5.74) is 7.34. The van der Waals surface area contributed by atoms with Gasteiger partial charge in [-0.05, 0) is 35.9 Å². The molecule has 0 aliphatic heterocycles. The van der Waals surface area contributed by atoms with Crippen molar-refractivity contribution in [1.82, 2.24) is 4.98 Å². The molecule has 2 rings (SSSR count). The highest BCUT2D eigenvalue weighted by atomic mass is 16.1. The van der Waals surface area contributed by atoms with Crippen molar-refractivity contribution in [1.29, 1.82) is 0 Å². The van der Waals surface area contributed by atoms with Crippen LogP contribution < -0.4 is 16.0 Å². The number of nitrogens with one attached hydrogen (secondary N) is 1. The van der Waals surface area contributed by atoms with E-state index in [4.69, 9.17) is 5.73 Å². The van der Waals surface area contributed by atoms with Crippen molar-refractivity contribution >= 4 is 29.4 Å². The molecule has 0 saturated carbocycles. The molecule has 0 fully saturated rings. The summed E-state index contributed by atoms with van der Waals surface area (Å²) >= 11 is 0. The van der Waals surface area contributed by atoms with Crippen molar-refractivity contribution in [2.75, 3.05) is 24.3 Å². The van der Waals surface area contributed by atoms with Gasteiger partial charge in [0, 0.05) is 25.7 Å². The molecule has 0 spiro atoms. The molecule has 0 saturated heterocycles. The number of nitrogens with two attached hydrogens (primary N) is 1. The van der Waals surface area contributed by atoms with Crippen molar-refractivity contribution in [3.05, 3.63) is 59.8 Å². The normalized spacial score (nSPS) is 10.5. The number of primary amides is 1. The summed E-state index contributed by atoms with van der Waals surface area (Å²) in [6, 6.07) is 10.3. The van der Waals surface area contributed by atoms with Gasteiger partial charge < -0.3 is 16.0 Å². The second-order valence-electron chi connectivity index (χ2n) is 5.10. The Hall–Kier alpha value is -3.15. The van der Waals surface area contributed by atoms with Gasteiger partial charge in [-0.2, -0.15) is 0 Å². The zero-order chi connectivity index (χ0) is 16.8. The Labute approximate surface area is 134 Å². The fraction of sp³-hybridized carbons (Fsp3) is 0.118. The molecule has 118 valence electrons. The van der Waals surface area contributed by atoms with E-state index in [9.17, 15) is 9.59 Å². The van der Waals surface area contributed by atoms with Crippen LogP contribution in [0.2, 0.25) is 0 Å². The lowest BCUT2D eigenvalue weighted by Crippen LogP contribution is -2.11. The van der Waals surface area contributed by atoms with Gasteiger partial charge >= 0.3 is 0 Å². The topological polar surface area (TPSA) is 88.3 Å². The maximum Gasteiger partial charge on any atom is 0.249 e. The Morgan fingerprint density at radius 3 is 2.35 bits per heavy atom. The van der Waals surface area contributed by atoms with Gasteiger partial charge in [0.25, 0.3) is 0 Å². The number of amides is 2. The van der Waals surface area contributed by atoms with Gasteiger partial charge in [-0.1, -0.05) is 12.1 Å². The van der Waals surface area contributed by atoms with E-state index >= 15 is 0 Å². The maximum absolute atomic E-state index is 11.9. The van der Waals surface area contributed by atoms with Gasteiger partial charge in [0.05, 0.1) is 11.9 Å². The molecule has 2 amide bonds. The van der Waals surface area contributed by atoms with E-state index in [0.29, 0.717) is 11.4 Å². The lowest BCUT2D eigenvalue weighted by Gasteiger charge is -2.11. The van der Waals surface area contributed by atoms with Crippen molar-refractivity contribution in [2.45, 2.75) is 0 Å². The first-order chi connectivity index (χ1) is 11.0. The molecule has 6 nitrogen and oxygen atoms in total. The monoisotopic (exact) mass is 310 g/mol. The van der Waals surface area contributed by atoms with E-state index in [0.717, 1.165) is 11.3 Å². The van der Waals surface area contributed by atoms with E-state index in [1.807, 2.05) is 25.1 Å². The zero-order valence-electron chi connectivity index (χ0n) is 13.0. The molecule has 0 aliphatic carbocycles. The van der Waals surface area contributed by atoms with Crippen LogP contribution in [-0.2, 0) is 4.79 Å². The Kier molecular flexibility index (Phi) is 5.09. The van der Waals surface area contributed by atoms with Crippen molar-refractivity contribution in [2.24, 2.45) is 5.73 Å². The molecular weight excluding hydrogens is 292 g/mol. The molecule has 1 heterocycles. The van der Waals surface area contributed by atoms with Crippen LogP contribution in [0.15, 0.2) is 48.7 Å². The highest BCUT2D eigenvalue weighted by Crippen LogP contribution is 2.12. The number of benzene rings is 1. The van der Waals surface area contributed by atoms with Crippen LogP contribution in [-0.4, -0.2) is 30.9 Å². The van der Waals surface area contributed by atoms with Gasteiger partial charge in [0.1, 0.15) is 5.82 Å². The first kappa shape index (κ1) is 16.2. The number of rotatable bonds is 5. The van der Waals surface area contributed by atoms with Crippen LogP contribution in [0.3, 0.4) is 0 Å².